The van der Waals surface area contributed by atoms with Crippen molar-refractivity contribution in [3.8, 4) is 0 Å². The van der Waals surface area contributed by atoms with E-state index in [4.69, 9.17) is 5.11 Å². The highest BCUT2D eigenvalue weighted by molar-refractivity contribution is 5.96. The molecule has 0 aromatic carbocycles. The molecule has 0 aliphatic carbocycles. The van der Waals surface area contributed by atoms with Crippen LogP contribution in [0.4, 0.5) is 0 Å². The minimum absolute atomic E-state index is 0.340. The van der Waals surface area contributed by atoms with Gasteiger partial charge in [0, 0.05) is 12.2 Å². The summed E-state index contributed by atoms with van der Waals surface area (Å²) in [4.78, 5) is 32.5. The summed E-state index contributed by atoms with van der Waals surface area (Å²) in [5.41, 5.74) is 0. The minimum atomic E-state index is -1.10. The summed E-state index contributed by atoms with van der Waals surface area (Å²) in [5, 5.41) is 11.0. The molecule has 6 nitrogen and oxygen atoms in total. The molecule has 0 bridgehead atoms. The van der Waals surface area contributed by atoms with Gasteiger partial charge in [0.2, 0.25) is 5.91 Å². The molecular weight excluding hydrogens is 214 g/mol. The lowest BCUT2D eigenvalue weighted by molar-refractivity contribution is -0.141. The molecule has 0 fully saturated rings. The normalized spacial score (nSPS) is 12.1. The largest absolute Gasteiger partial charge is 0.480 e. The standard InChI is InChI=1S/C10H15NO5/c1-3-4-7(10(14)15)11-8(12)5-6-9(13)16-2/h5-7H,3-4H2,1-2H3,(H,11,12)(H,14,15)/b6-5+/t7-/m0/s1. The summed E-state index contributed by atoms with van der Waals surface area (Å²) in [6, 6.07) is -0.931. The summed E-state index contributed by atoms with van der Waals surface area (Å²) in [7, 11) is 1.18. The van der Waals surface area contributed by atoms with Gasteiger partial charge in [-0.05, 0) is 6.42 Å². The van der Waals surface area contributed by atoms with E-state index in [9.17, 15) is 14.4 Å². The number of hydrogen-bond donors (Lipinski definition) is 2. The number of carbonyl (C=O) groups excluding carboxylic acids is 2. The summed E-state index contributed by atoms with van der Waals surface area (Å²) < 4.78 is 4.28. The molecule has 2 N–H and O–H groups in total. The van der Waals surface area contributed by atoms with Gasteiger partial charge in [-0.1, -0.05) is 13.3 Å². The van der Waals surface area contributed by atoms with Crippen molar-refractivity contribution in [2.75, 3.05) is 7.11 Å². The van der Waals surface area contributed by atoms with Crippen LogP contribution >= 0.6 is 0 Å². The summed E-state index contributed by atoms with van der Waals surface area (Å²) in [6.45, 7) is 1.81. The molecule has 0 saturated heterocycles. The van der Waals surface area contributed by atoms with Gasteiger partial charge < -0.3 is 15.2 Å². The zero-order valence-corrected chi connectivity index (χ0v) is 9.23. The Hall–Kier alpha value is -1.85. The molecule has 0 saturated carbocycles. The van der Waals surface area contributed by atoms with Crippen LogP contribution < -0.4 is 5.32 Å². The second-order valence-corrected chi connectivity index (χ2v) is 3.04. The van der Waals surface area contributed by atoms with Gasteiger partial charge in [0.1, 0.15) is 6.04 Å². The van der Waals surface area contributed by atoms with Crippen molar-refractivity contribution < 1.29 is 24.2 Å². The Morgan fingerprint density at radius 1 is 1.38 bits per heavy atom. The zero-order valence-electron chi connectivity index (χ0n) is 9.23. The Morgan fingerprint density at radius 2 is 2.00 bits per heavy atom. The molecule has 6 heteroatoms. The number of carboxylic acid groups (broad SMARTS) is 1. The van der Waals surface area contributed by atoms with Crippen LogP contribution in [-0.2, 0) is 19.1 Å². The maximum atomic E-state index is 11.2. The van der Waals surface area contributed by atoms with Crippen LogP contribution in [0.1, 0.15) is 19.8 Å². The van der Waals surface area contributed by atoms with E-state index < -0.39 is 23.9 Å². The van der Waals surface area contributed by atoms with Crippen molar-refractivity contribution in [1.29, 1.82) is 0 Å². The number of aliphatic carboxylic acids is 1. The molecule has 0 aromatic rings. The molecule has 1 amide bonds. The van der Waals surface area contributed by atoms with Crippen LogP contribution in [0.3, 0.4) is 0 Å². The molecule has 0 spiro atoms. The third-order valence-electron chi connectivity index (χ3n) is 1.76. The van der Waals surface area contributed by atoms with Gasteiger partial charge >= 0.3 is 11.9 Å². The van der Waals surface area contributed by atoms with Crippen molar-refractivity contribution in [3.63, 3.8) is 0 Å². The van der Waals surface area contributed by atoms with E-state index in [-0.39, 0.29) is 0 Å². The van der Waals surface area contributed by atoms with Crippen molar-refractivity contribution in [2.45, 2.75) is 25.8 Å². The third-order valence-corrected chi connectivity index (χ3v) is 1.76. The second-order valence-electron chi connectivity index (χ2n) is 3.04. The number of carboxylic acids is 1. The highest BCUT2D eigenvalue weighted by Crippen LogP contribution is 1.96. The first-order chi connectivity index (χ1) is 7.51. The van der Waals surface area contributed by atoms with Crippen LogP contribution in [-0.4, -0.2) is 36.1 Å². The van der Waals surface area contributed by atoms with Gasteiger partial charge in [-0.25, -0.2) is 9.59 Å². The van der Waals surface area contributed by atoms with E-state index >= 15 is 0 Å². The molecule has 0 unspecified atom stereocenters. The van der Waals surface area contributed by atoms with Gasteiger partial charge in [-0.15, -0.1) is 0 Å². The highest BCUT2D eigenvalue weighted by atomic mass is 16.5. The van der Waals surface area contributed by atoms with Crippen molar-refractivity contribution >= 4 is 17.8 Å². The number of methoxy groups -OCH3 is 1. The molecule has 0 heterocycles. The molecule has 90 valence electrons. The van der Waals surface area contributed by atoms with E-state index in [1.54, 1.807) is 0 Å². The molecule has 1 atom stereocenters. The molecule has 16 heavy (non-hydrogen) atoms. The quantitative estimate of drug-likeness (QED) is 0.497. The Bertz CT molecular complexity index is 298. The van der Waals surface area contributed by atoms with Gasteiger partial charge in [-0.3, -0.25) is 4.79 Å². The molecule has 0 aliphatic rings. The fraction of sp³-hybridized carbons (Fsp3) is 0.500. The number of rotatable bonds is 6. The first kappa shape index (κ1) is 14.2. The number of nitrogens with one attached hydrogen (secondary N) is 1. The van der Waals surface area contributed by atoms with Crippen molar-refractivity contribution in [2.24, 2.45) is 0 Å². The molecule has 0 rings (SSSR count). The Labute approximate surface area is 93.3 Å². The van der Waals surface area contributed by atoms with Crippen molar-refractivity contribution in [3.05, 3.63) is 12.2 Å². The highest BCUT2D eigenvalue weighted by Gasteiger charge is 2.17. The maximum absolute atomic E-state index is 11.2. The first-order valence-electron chi connectivity index (χ1n) is 4.80. The fourth-order valence-electron chi connectivity index (χ4n) is 0.978. The number of carbonyl (C=O) groups is 3. The SMILES string of the molecule is CCC[C@H](NC(=O)/C=C/C(=O)OC)C(=O)O. The van der Waals surface area contributed by atoms with E-state index in [0.717, 1.165) is 12.2 Å². The second kappa shape index (κ2) is 7.44. The Kier molecular flexibility index (Phi) is 6.58. The van der Waals surface area contributed by atoms with E-state index in [1.165, 1.54) is 7.11 Å². The Balaban J connectivity index is 4.25. The number of esters is 1. The third kappa shape index (κ3) is 5.79. The number of hydrogen-bond acceptors (Lipinski definition) is 4. The van der Waals surface area contributed by atoms with Gasteiger partial charge in [0.15, 0.2) is 0 Å². The molecule has 0 aliphatic heterocycles. The molecular formula is C10H15NO5. The van der Waals surface area contributed by atoms with Gasteiger partial charge in [-0.2, -0.15) is 0 Å². The van der Waals surface area contributed by atoms with Crippen molar-refractivity contribution in [1.82, 2.24) is 5.32 Å². The zero-order chi connectivity index (χ0) is 12.6. The summed E-state index contributed by atoms with van der Waals surface area (Å²) >= 11 is 0. The monoisotopic (exact) mass is 229 g/mol. The lowest BCUT2D eigenvalue weighted by Crippen LogP contribution is -2.39. The predicted octanol–water partition coefficient (Wildman–Crippen LogP) is 0.0851. The lowest BCUT2D eigenvalue weighted by Gasteiger charge is -2.11. The topological polar surface area (TPSA) is 92.7 Å². The minimum Gasteiger partial charge on any atom is -0.480 e. The average molecular weight is 229 g/mol. The molecule has 0 aromatic heterocycles. The average Bonchev–Trinajstić information content (AvgIpc) is 2.25. The van der Waals surface area contributed by atoms with Gasteiger partial charge in [0.05, 0.1) is 7.11 Å². The van der Waals surface area contributed by atoms with Gasteiger partial charge in [0.25, 0.3) is 0 Å². The summed E-state index contributed by atoms with van der Waals surface area (Å²) in [5.74, 6) is -2.40. The summed E-state index contributed by atoms with van der Waals surface area (Å²) in [6.07, 6.45) is 2.85. The predicted molar refractivity (Wildman–Crippen MR) is 55.6 cm³/mol. The number of amides is 1. The Morgan fingerprint density at radius 3 is 2.44 bits per heavy atom. The smallest absolute Gasteiger partial charge is 0.330 e. The fourth-order valence-corrected chi connectivity index (χ4v) is 0.978. The molecule has 0 radical (unpaired) electrons. The van der Waals surface area contributed by atoms with Crippen LogP contribution in [0.5, 0.6) is 0 Å². The van der Waals surface area contributed by atoms with Crippen LogP contribution in [0.25, 0.3) is 0 Å². The van der Waals surface area contributed by atoms with E-state index in [2.05, 4.69) is 10.1 Å². The first-order valence-corrected chi connectivity index (χ1v) is 4.80. The van der Waals surface area contributed by atoms with Crippen LogP contribution in [0.15, 0.2) is 12.2 Å². The van der Waals surface area contributed by atoms with E-state index in [0.29, 0.717) is 12.8 Å². The van der Waals surface area contributed by atoms with Crippen LogP contribution in [0, 0.1) is 0 Å². The number of ether oxygens (including phenoxy) is 1. The maximum Gasteiger partial charge on any atom is 0.330 e. The lowest BCUT2D eigenvalue weighted by atomic mass is 10.1. The van der Waals surface area contributed by atoms with Crippen LogP contribution in [0.2, 0.25) is 0 Å². The van der Waals surface area contributed by atoms with E-state index in [1.807, 2.05) is 6.92 Å².